The Hall–Kier alpha value is -2.77. The number of aryl methyl sites for hydroxylation is 1. The highest BCUT2D eigenvalue weighted by Crippen LogP contribution is 2.41. The molecule has 0 radical (unpaired) electrons. The van der Waals surface area contributed by atoms with Gasteiger partial charge in [0.1, 0.15) is 47.0 Å². The second-order valence-corrected chi connectivity index (χ2v) is 8.31. The minimum absolute atomic E-state index is 0.0106. The van der Waals surface area contributed by atoms with Crippen molar-refractivity contribution in [1.82, 2.24) is 0 Å². The van der Waals surface area contributed by atoms with Gasteiger partial charge in [0.25, 0.3) is 0 Å². The van der Waals surface area contributed by atoms with Crippen LogP contribution in [-0.4, -0.2) is 37.5 Å². The molecule has 1 N–H and O–H groups in total. The molecule has 1 atom stereocenters. The van der Waals surface area contributed by atoms with Crippen LogP contribution in [0.25, 0.3) is 21.6 Å². The van der Waals surface area contributed by atoms with Gasteiger partial charge in [-0.3, -0.25) is 0 Å². The van der Waals surface area contributed by atoms with E-state index in [-0.39, 0.29) is 13.2 Å². The van der Waals surface area contributed by atoms with E-state index in [4.69, 9.17) is 18.6 Å². The van der Waals surface area contributed by atoms with Crippen LogP contribution in [0.4, 0.5) is 0 Å². The molecular formula is C24H28O6S. The molecule has 0 spiro atoms. The van der Waals surface area contributed by atoms with Crippen LogP contribution in [0.15, 0.2) is 47.4 Å². The van der Waals surface area contributed by atoms with Gasteiger partial charge in [0.15, 0.2) is 0 Å². The molecule has 0 aliphatic heterocycles. The number of ether oxygens (including phenoxy) is 3. The number of unbranched alkanes of at least 4 members (excludes halogenated alkanes) is 2. The van der Waals surface area contributed by atoms with Gasteiger partial charge in [-0.1, -0.05) is 26.3 Å². The Bertz CT molecular complexity index is 1020. The zero-order valence-corrected chi connectivity index (χ0v) is 18.7. The zero-order chi connectivity index (χ0) is 22.2. The molecule has 0 bridgehead atoms. The van der Waals surface area contributed by atoms with Crippen LogP contribution in [0.3, 0.4) is 0 Å². The number of fused-ring (bicyclic) bond motifs is 1. The normalized spacial score (nSPS) is 12.0. The first-order valence-electron chi connectivity index (χ1n) is 10.3. The summed E-state index contributed by atoms with van der Waals surface area (Å²) in [7, 11) is 1.67. The van der Waals surface area contributed by atoms with E-state index in [2.05, 4.69) is 19.6 Å². The molecule has 166 valence electrons. The number of carbonyl (C=O) groups is 1. The monoisotopic (exact) mass is 444 g/mol. The third-order valence-electron chi connectivity index (χ3n) is 4.74. The second kappa shape index (κ2) is 11.0. The van der Waals surface area contributed by atoms with E-state index >= 15 is 0 Å². The highest BCUT2D eigenvalue weighted by atomic mass is 32.1. The Labute approximate surface area is 186 Å². The maximum absolute atomic E-state index is 11.1. The quantitative estimate of drug-likeness (QED) is 0.230. The van der Waals surface area contributed by atoms with Crippen molar-refractivity contribution < 1.29 is 28.5 Å². The fourth-order valence-corrected chi connectivity index (χ4v) is 4.23. The standard InChI is InChI=1S/C24H28O6S/c1-4-6-7-8-19-13-21(27-3)24(31-19)22-11-16-9-10-18(12-20(16)30-22)28-14-17(25)15-29-23(26)5-2/h5,9-13,17,25H,2,4,6-8,14-15H2,1,3H3. The predicted octanol–water partition coefficient (Wildman–Crippen LogP) is 5.37. The first-order chi connectivity index (χ1) is 15.0. The van der Waals surface area contributed by atoms with Gasteiger partial charge in [0, 0.05) is 22.4 Å². The van der Waals surface area contributed by atoms with Gasteiger partial charge in [-0.05, 0) is 37.1 Å². The van der Waals surface area contributed by atoms with Gasteiger partial charge in [-0.15, -0.1) is 11.3 Å². The highest BCUT2D eigenvalue weighted by molar-refractivity contribution is 7.15. The largest absolute Gasteiger partial charge is 0.495 e. The predicted molar refractivity (Wildman–Crippen MR) is 122 cm³/mol. The summed E-state index contributed by atoms with van der Waals surface area (Å²) in [5, 5.41) is 10.8. The van der Waals surface area contributed by atoms with Crippen LogP contribution in [0.1, 0.15) is 31.1 Å². The van der Waals surface area contributed by atoms with Crippen molar-refractivity contribution in [3.63, 3.8) is 0 Å². The summed E-state index contributed by atoms with van der Waals surface area (Å²) in [5.41, 5.74) is 0.683. The van der Waals surface area contributed by atoms with Crippen LogP contribution in [0, 0.1) is 0 Å². The Morgan fingerprint density at radius 2 is 2.10 bits per heavy atom. The molecule has 1 unspecified atom stereocenters. The summed E-state index contributed by atoms with van der Waals surface area (Å²) in [4.78, 5) is 13.3. The van der Waals surface area contributed by atoms with E-state index in [1.165, 1.54) is 24.1 Å². The van der Waals surface area contributed by atoms with E-state index in [0.29, 0.717) is 11.3 Å². The number of aliphatic hydroxyl groups excluding tert-OH is 1. The molecule has 7 heteroatoms. The van der Waals surface area contributed by atoms with Crippen molar-refractivity contribution in [3.05, 3.63) is 47.9 Å². The molecule has 2 heterocycles. The SMILES string of the molecule is C=CC(=O)OCC(O)COc1ccc2cc(-c3sc(CCCCC)cc3OC)oc2c1. The number of hydrogen-bond donors (Lipinski definition) is 1. The summed E-state index contributed by atoms with van der Waals surface area (Å²) in [6.45, 7) is 5.34. The molecule has 1 aromatic carbocycles. The minimum Gasteiger partial charge on any atom is -0.495 e. The Morgan fingerprint density at radius 1 is 1.26 bits per heavy atom. The second-order valence-electron chi connectivity index (χ2n) is 7.18. The minimum atomic E-state index is -0.937. The molecule has 0 amide bonds. The number of esters is 1. The van der Waals surface area contributed by atoms with Gasteiger partial charge < -0.3 is 23.7 Å². The van der Waals surface area contributed by atoms with Crippen molar-refractivity contribution in [2.24, 2.45) is 0 Å². The van der Waals surface area contributed by atoms with E-state index in [1.54, 1.807) is 24.5 Å². The van der Waals surface area contributed by atoms with Crippen molar-refractivity contribution in [2.75, 3.05) is 20.3 Å². The highest BCUT2D eigenvalue weighted by Gasteiger charge is 2.16. The fourth-order valence-electron chi connectivity index (χ4n) is 3.11. The topological polar surface area (TPSA) is 78.1 Å². The Morgan fingerprint density at radius 3 is 2.84 bits per heavy atom. The number of methoxy groups -OCH3 is 1. The molecule has 0 fully saturated rings. The third kappa shape index (κ3) is 6.12. The summed E-state index contributed by atoms with van der Waals surface area (Å²) in [6, 6.07) is 9.59. The first kappa shape index (κ1) is 22.9. The molecule has 31 heavy (non-hydrogen) atoms. The average Bonchev–Trinajstić information content (AvgIpc) is 3.39. The molecule has 0 aliphatic rings. The maximum atomic E-state index is 11.1. The van der Waals surface area contributed by atoms with Crippen molar-refractivity contribution in [3.8, 4) is 22.1 Å². The average molecular weight is 445 g/mol. The number of benzene rings is 1. The van der Waals surface area contributed by atoms with Crippen LogP contribution < -0.4 is 9.47 Å². The molecule has 0 aliphatic carbocycles. The number of aliphatic hydroxyl groups is 1. The van der Waals surface area contributed by atoms with Crippen molar-refractivity contribution in [2.45, 2.75) is 38.7 Å². The lowest BCUT2D eigenvalue weighted by Gasteiger charge is -2.12. The molecule has 0 saturated carbocycles. The number of thiophene rings is 1. The number of carbonyl (C=O) groups excluding carboxylic acids is 1. The molecule has 3 rings (SSSR count). The smallest absolute Gasteiger partial charge is 0.330 e. The Balaban J connectivity index is 1.69. The lowest BCUT2D eigenvalue weighted by atomic mass is 10.2. The van der Waals surface area contributed by atoms with Crippen LogP contribution in [0.2, 0.25) is 0 Å². The van der Waals surface area contributed by atoms with Crippen molar-refractivity contribution in [1.29, 1.82) is 0 Å². The summed E-state index contributed by atoms with van der Waals surface area (Å²) in [5.74, 6) is 1.55. The Kier molecular flexibility index (Phi) is 8.14. The molecule has 2 aromatic heterocycles. The van der Waals surface area contributed by atoms with Gasteiger partial charge in [-0.25, -0.2) is 4.79 Å². The number of furan rings is 1. The van der Waals surface area contributed by atoms with E-state index in [0.717, 1.165) is 34.3 Å². The summed E-state index contributed by atoms with van der Waals surface area (Å²) >= 11 is 1.70. The summed E-state index contributed by atoms with van der Waals surface area (Å²) < 4.78 is 22.1. The van der Waals surface area contributed by atoms with Gasteiger partial charge in [-0.2, -0.15) is 0 Å². The molecule has 0 saturated heterocycles. The van der Waals surface area contributed by atoms with Gasteiger partial charge >= 0.3 is 5.97 Å². The van der Waals surface area contributed by atoms with Crippen LogP contribution >= 0.6 is 11.3 Å². The van der Waals surface area contributed by atoms with E-state index < -0.39 is 12.1 Å². The van der Waals surface area contributed by atoms with Crippen LogP contribution in [0.5, 0.6) is 11.5 Å². The first-order valence-corrected chi connectivity index (χ1v) is 11.2. The molecule has 3 aromatic rings. The maximum Gasteiger partial charge on any atom is 0.330 e. The van der Waals surface area contributed by atoms with E-state index in [9.17, 15) is 9.90 Å². The lowest BCUT2D eigenvalue weighted by molar-refractivity contribution is -0.141. The lowest BCUT2D eigenvalue weighted by Crippen LogP contribution is -2.24. The summed E-state index contributed by atoms with van der Waals surface area (Å²) in [6.07, 6.45) is 4.73. The molecular weight excluding hydrogens is 416 g/mol. The number of rotatable bonds is 12. The number of hydrogen-bond acceptors (Lipinski definition) is 7. The van der Waals surface area contributed by atoms with Crippen molar-refractivity contribution >= 4 is 28.3 Å². The molecule has 6 nitrogen and oxygen atoms in total. The van der Waals surface area contributed by atoms with E-state index in [1.807, 2.05) is 18.2 Å². The fraction of sp³-hybridized carbons (Fsp3) is 0.375. The third-order valence-corrected chi connectivity index (χ3v) is 5.93. The van der Waals surface area contributed by atoms with Gasteiger partial charge in [0.05, 0.1) is 7.11 Å². The van der Waals surface area contributed by atoms with Gasteiger partial charge in [0.2, 0.25) is 0 Å². The zero-order valence-electron chi connectivity index (χ0n) is 17.9. The van der Waals surface area contributed by atoms with Crippen LogP contribution in [-0.2, 0) is 16.0 Å².